The number of hydrogen-bond acceptors (Lipinski definition) is 3. The van der Waals surface area contributed by atoms with E-state index in [1.165, 1.54) is 17.0 Å². The molecular formula is C14H15FN2O2. The van der Waals surface area contributed by atoms with Gasteiger partial charge in [-0.25, -0.2) is 4.39 Å². The van der Waals surface area contributed by atoms with Gasteiger partial charge in [-0.1, -0.05) is 0 Å². The fraction of sp³-hybridized carbons (Fsp3) is 0.429. The lowest BCUT2D eigenvalue weighted by Crippen LogP contribution is -2.48. The standard InChI is InChI=1S/C14H15FN2O2/c1-9-5-11(6-10(2)13(9)15)14(18)17-3-4-19-8-12(17)7-16/h5-6,12H,3-4,8H2,1-2H3/t12-/m1/s1. The van der Waals surface area contributed by atoms with Gasteiger partial charge in [-0.15, -0.1) is 0 Å². The van der Waals surface area contributed by atoms with E-state index in [2.05, 4.69) is 6.07 Å². The summed E-state index contributed by atoms with van der Waals surface area (Å²) in [4.78, 5) is 13.9. The molecule has 100 valence electrons. The van der Waals surface area contributed by atoms with Crippen LogP contribution in [0.1, 0.15) is 21.5 Å². The van der Waals surface area contributed by atoms with Crippen LogP contribution in [0, 0.1) is 31.0 Å². The second-order valence-electron chi connectivity index (χ2n) is 4.64. The van der Waals surface area contributed by atoms with Crippen LogP contribution < -0.4 is 0 Å². The molecule has 1 aliphatic rings. The Hall–Kier alpha value is -1.93. The lowest BCUT2D eigenvalue weighted by molar-refractivity contribution is 0.0132. The summed E-state index contributed by atoms with van der Waals surface area (Å²) in [5.74, 6) is -0.545. The van der Waals surface area contributed by atoms with E-state index >= 15 is 0 Å². The number of carbonyl (C=O) groups excluding carboxylic acids is 1. The van der Waals surface area contributed by atoms with Crippen molar-refractivity contribution in [1.82, 2.24) is 4.90 Å². The van der Waals surface area contributed by atoms with Crippen LogP contribution in [0.4, 0.5) is 4.39 Å². The van der Waals surface area contributed by atoms with Gasteiger partial charge in [-0.05, 0) is 37.1 Å². The van der Waals surface area contributed by atoms with Gasteiger partial charge in [-0.3, -0.25) is 4.79 Å². The monoisotopic (exact) mass is 262 g/mol. The highest BCUT2D eigenvalue weighted by molar-refractivity contribution is 5.95. The summed E-state index contributed by atoms with van der Waals surface area (Å²) < 4.78 is 18.7. The molecule has 0 N–H and O–H groups in total. The number of hydrogen-bond donors (Lipinski definition) is 0. The summed E-state index contributed by atoms with van der Waals surface area (Å²) in [7, 11) is 0. The number of carbonyl (C=O) groups is 1. The van der Waals surface area contributed by atoms with Crippen molar-refractivity contribution in [1.29, 1.82) is 5.26 Å². The highest BCUT2D eigenvalue weighted by atomic mass is 19.1. The van der Waals surface area contributed by atoms with Crippen LogP contribution in [0.25, 0.3) is 0 Å². The number of morpholine rings is 1. The zero-order valence-electron chi connectivity index (χ0n) is 10.9. The first kappa shape index (κ1) is 13.5. The van der Waals surface area contributed by atoms with Crippen LogP contribution in [-0.4, -0.2) is 36.6 Å². The smallest absolute Gasteiger partial charge is 0.255 e. The van der Waals surface area contributed by atoms with Crippen molar-refractivity contribution in [2.75, 3.05) is 19.8 Å². The molecule has 1 fully saturated rings. The molecule has 0 saturated carbocycles. The van der Waals surface area contributed by atoms with Crippen molar-refractivity contribution in [2.24, 2.45) is 0 Å². The molecule has 0 bridgehead atoms. The molecule has 0 spiro atoms. The molecule has 1 atom stereocenters. The quantitative estimate of drug-likeness (QED) is 0.775. The van der Waals surface area contributed by atoms with Gasteiger partial charge in [0.2, 0.25) is 0 Å². The van der Waals surface area contributed by atoms with Crippen molar-refractivity contribution in [2.45, 2.75) is 19.9 Å². The number of nitriles is 1. The van der Waals surface area contributed by atoms with E-state index in [4.69, 9.17) is 10.00 Å². The second-order valence-corrected chi connectivity index (χ2v) is 4.64. The van der Waals surface area contributed by atoms with Crippen LogP contribution in [-0.2, 0) is 4.74 Å². The first-order valence-electron chi connectivity index (χ1n) is 6.09. The lowest BCUT2D eigenvalue weighted by atomic mass is 10.0. The summed E-state index contributed by atoms with van der Waals surface area (Å²) >= 11 is 0. The van der Waals surface area contributed by atoms with Crippen LogP contribution in [0.15, 0.2) is 12.1 Å². The molecule has 1 saturated heterocycles. The number of nitrogens with zero attached hydrogens (tertiary/aromatic N) is 2. The van der Waals surface area contributed by atoms with Gasteiger partial charge in [0.1, 0.15) is 11.9 Å². The third-order valence-electron chi connectivity index (χ3n) is 3.22. The number of ether oxygens (including phenoxy) is 1. The van der Waals surface area contributed by atoms with Crippen molar-refractivity contribution >= 4 is 5.91 Å². The molecule has 19 heavy (non-hydrogen) atoms. The maximum Gasteiger partial charge on any atom is 0.255 e. The Morgan fingerprint density at radius 2 is 2.11 bits per heavy atom. The largest absolute Gasteiger partial charge is 0.376 e. The molecule has 1 amide bonds. The van der Waals surface area contributed by atoms with Gasteiger partial charge in [0.15, 0.2) is 0 Å². The minimum Gasteiger partial charge on any atom is -0.376 e. The Labute approximate surface area is 111 Å². The maximum absolute atomic E-state index is 13.6. The van der Waals surface area contributed by atoms with E-state index < -0.39 is 6.04 Å². The van der Waals surface area contributed by atoms with Gasteiger partial charge in [-0.2, -0.15) is 5.26 Å². The minimum atomic E-state index is -0.577. The van der Waals surface area contributed by atoms with Gasteiger partial charge >= 0.3 is 0 Å². The van der Waals surface area contributed by atoms with Gasteiger partial charge in [0.25, 0.3) is 5.91 Å². The molecule has 1 aliphatic heterocycles. The van der Waals surface area contributed by atoms with Crippen molar-refractivity contribution in [3.05, 3.63) is 34.6 Å². The van der Waals surface area contributed by atoms with Crippen LogP contribution in [0.5, 0.6) is 0 Å². The van der Waals surface area contributed by atoms with Gasteiger partial charge in [0.05, 0.1) is 19.3 Å². The number of aryl methyl sites for hydroxylation is 2. The van der Waals surface area contributed by atoms with Gasteiger partial charge in [0, 0.05) is 12.1 Å². The number of benzene rings is 1. The molecule has 0 unspecified atom stereocenters. The van der Waals surface area contributed by atoms with E-state index in [0.29, 0.717) is 29.8 Å². The van der Waals surface area contributed by atoms with Crippen molar-refractivity contribution in [3.63, 3.8) is 0 Å². The molecule has 5 heteroatoms. The third kappa shape index (κ3) is 2.59. The zero-order chi connectivity index (χ0) is 14.0. The fourth-order valence-corrected chi connectivity index (χ4v) is 2.19. The SMILES string of the molecule is Cc1cc(C(=O)N2CCOC[C@H]2C#N)cc(C)c1F. The minimum absolute atomic E-state index is 0.224. The first-order valence-corrected chi connectivity index (χ1v) is 6.09. The normalized spacial score (nSPS) is 19.1. The topological polar surface area (TPSA) is 53.3 Å². The maximum atomic E-state index is 13.6. The predicted octanol–water partition coefficient (Wildman–Crippen LogP) is 1.81. The third-order valence-corrected chi connectivity index (χ3v) is 3.22. The molecule has 1 aromatic rings. The summed E-state index contributed by atoms with van der Waals surface area (Å²) in [6, 6.07) is 4.52. The summed E-state index contributed by atoms with van der Waals surface area (Å²) in [6.07, 6.45) is 0. The van der Waals surface area contributed by atoms with Crippen molar-refractivity contribution < 1.29 is 13.9 Å². The van der Waals surface area contributed by atoms with Crippen molar-refractivity contribution in [3.8, 4) is 6.07 Å². The van der Waals surface area contributed by atoms with Gasteiger partial charge < -0.3 is 9.64 Å². The zero-order valence-corrected chi connectivity index (χ0v) is 10.9. The van der Waals surface area contributed by atoms with Crippen LogP contribution >= 0.6 is 0 Å². The number of amides is 1. The Bertz CT molecular complexity index is 528. The molecule has 0 radical (unpaired) electrons. The Balaban J connectivity index is 2.31. The van der Waals surface area contributed by atoms with Crippen LogP contribution in [0.3, 0.4) is 0 Å². The summed E-state index contributed by atoms with van der Waals surface area (Å²) in [6.45, 7) is 4.28. The molecule has 4 nitrogen and oxygen atoms in total. The van der Waals surface area contributed by atoms with E-state index in [9.17, 15) is 9.18 Å². The fourth-order valence-electron chi connectivity index (χ4n) is 2.19. The first-order chi connectivity index (χ1) is 9.04. The van der Waals surface area contributed by atoms with E-state index in [0.717, 1.165) is 0 Å². The van der Waals surface area contributed by atoms with E-state index in [-0.39, 0.29) is 18.3 Å². The van der Waals surface area contributed by atoms with E-state index in [1.54, 1.807) is 13.8 Å². The lowest BCUT2D eigenvalue weighted by Gasteiger charge is -2.31. The highest BCUT2D eigenvalue weighted by Crippen LogP contribution is 2.18. The number of rotatable bonds is 1. The molecular weight excluding hydrogens is 247 g/mol. The second kappa shape index (κ2) is 5.37. The molecule has 0 aliphatic carbocycles. The van der Waals surface area contributed by atoms with E-state index in [1.807, 2.05) is 0 Å². The Morgan fingerprint density at radius 3 is 2.68 bits per heavy atom. The molecule has 2 rings (SSSR count). The predicted molar refractivity (Wildman–Crippen MR) is 67.1 cm³/mol. The Morgan fingerprint density at radius 1 is 1.47 bits per heavy atom. The number of halogens is 1. The summed E-state index contributed by atoms with van der Waals surface area (Å²) in [5.41, 5.74) is 1.29. The highest BCUT2D eigenvalue weighted by Gasteiger charge is 2.28. The average Bonchev–Trinajstić information content (AvgIpc) is 2.43. The molecule has 1 heterocycles. The summed E-state index contributed by atoms with van der Waals surface area (Å²) in [5, 5.41) is 9.03. The molecule has 0 aromatic heterocycles. The van der Waals surface area contributed by atoms with Crippen LogP contribution in [0.2, 0.25) is 0 Å². The molecule has 1 aromatic carbocycles. The Kier molecular flexibility index (Phi) is 3.82. The average molecular weight is 262 g/mol.